The van der Waals surface area contributed by atoms with Gasteiger partial charge in [0.25, 0.3) is 0 Å². The summed E-state index contributed by atoms with van der Waals surface area (Å²) in [6, 6.07) is 0. The predicted molar refractivity (Wildman–Crippen MR) is 54.6 cm³/mol. The van der Waals surface area contributed by atoms with Gasteiger partial charge in [-0.05, 0) is 20.8 Å². The highest BCUT2D eigenvalue weighted by molar-refractivity contribution is 7.80. The van der Waals surface area contributed by atoms with Crippen molar-refractivity contribution in [2.24, 2.45) is 0 Å². The van der Waals surface area contributed by atoms with Crippen LogP contribution in [0.5, 0.6) is 0 Å². The Morgan fingerprint density at radius 1 is 1.40 bits per heavy atom. The van der Waals surface area contributed by atoms with Crippen molar-refractivity contribution < 1.29 is 26.7 Å². The molecular formula is C8H16O6S. The summed E-state index contributed by atoms with van der Waals surface area (Å²) < 4.78 is 34.5. The topological polar surface area (TPSA) is 89.9 Å². The number of carbonyl (C=O) groups is 1. The van der Waals surface area contributed by atoms with E-state index in [-0.39, 0.29) is 5.97 Å². The number of hydrogen-bond acceptors (Lipinski definition) is 5. The Labute approximate surface area is 89.8 Å². The second-order valence-corrected chi connectivity index (χ2v) is 4.52. The van der Waals surface area contributed by atoms with Crippen molar-refractivity contribution >= 4 is 16.4 Å². The first-order chi connectivity index (χ1) is 6.52. The summed E-state index contributed by atoms with van der Waals surface area (Å²) in [5.41, 5.74) is -0.398. The van der Waals surface area contributed by atoms with Crippen LogP contribution in [-0.2, 0) is 24.1 Å². The first-order valence-corrected chi connectivity index (χ1v) is 5.27. The van der Waals surface area contributed by atoms with Gasteiger partial charge in [0, 0.05) is 6.08 Å². The van der Waals surface area contributed by atoms with Crippen LogP contribution in [0.1, 0.15) is 20.8 Å². The molecule has 0 amide bonds. The molecule has 0 aromatic heterocycles. The third-order valence-corrected chi connectivity index (χ3v) is 1.21. The largest absolute Gasteiger partial charge is 0.457 e. The van der Waals surface area contributed by atoms with Crippen molar-refractivity contribution in [1.29, 1.82) is 0 Å². The van der Waals surface area contributed by atoms with E-state index in [4.69, 9.17) is 9.29 Å². The van der Waals surface area contributed by atoms with Crippen molar-refractivity contribution in [1.82, 2.24) is 0 Å². The zero-order valence-electron chi connectivity index (χ0n) is 9.18. The summed E-state index contributed by atoms with van der Waals surface area (Å²) in [7, 11) is -3.29. The van der Waals surface area contributed by atoms with Crippen molar-refractivity contribution in [2.45, 2.75) is 26.4 Å². The number of hydrogen-bond donors (Lipinski definition) is 1. The van der Waals surface area contributed by atoms with E-state index in [2.05, 4.69) is 10.8 Å². The molecule has 0 fully saturated rings. The van der Waals surface area contributed by atoms with E-state index in [1.54, 1.807) is 0 Å². The van der Waals surface area contributed by atoms with E-state index in [0.29, 0.717) is 0 Å². The summed E-state index contributed by atoms with van der Waals surface area (Å²) in [4.78, 5) is 10.5. The second-order valence-electron chi connectivity index (χ2n) is 3.33. The number of esters is 1. The first kappa shape index (κ1) is 16.5. The molecule has 0 radical (unpaired) electrons. The molecule has 0 rings (SSSR count). The lowest BCUT2D eigenvalue weighted by atomic mass is 10.2. The van der Waals surface area contributed by atoms with Gasteiger partial charge in [-0.3, -0.25) is 8.74 Å². The molecule has 7 heteroatoms. The molecule has 6 nitrogen and oxygen atoms in total. The van der Waals surface area contributed by atoms with Crippen LogP contribution in [0.4, 0.5) is 0 Å². The molecule has 0 unspecified atom stereocenters. The summed E-state index contributed by atoms with van der Waals surface area (Å²) in [5, 5.41) is 0. The maximum absolute atomic E-state index is 10.5. The highest BCUT2D eigenvalue weighted by atomic mass is 32.3. The monoisotopic (exact) mass is 240 g/mol. The Kier molecular flexibility index (Phi) is 7.20. The van der Waals surface area contributed by atoms with Crippen molar-refractivity contribution in [3.63, 3.8) is 0 Å². The van der Waals surface area contributed by atoms with E-state index < -0.39 is 16.0 Å². The van der Waals surface area contributed by atoms with Gasteiger partial charge in [-0.1, -0.05) is 6.58 Å². The van der Waals surface area contributed by atoms with Gasteiger partial charge in [-0.25, -0.2) is 4.79 Å². The van der Waals surface area contributed by atoms with E-state index in [9.17, 15) is 13.2 Å². The Bertz CT molecular complexity index is 298. The molecule has 0 spiro atoms. The van der Waals surface area contributed by atoms with Crippen LogP contribution in [0, 0.1) is 0 Å². The molecule has 0 heterocycles. The van der Waals surface area contributed by atoms with Crippen LogP contribution in [0.2, 0.25) is 0 Å². The Morgan fingerprint density at radius 2 is 1.73 bits per heavy atom. The minimum Gasteiger partial charge on any atom is -0.457 e. The highest BCUT2D eigenvalue weighted by Crippen LogP contribution is 2.06. The highest BCUT2D eigenvalue weighted by Gasteiger charge is 2.12. The second kappa shape index (κ2) is 6.54. The molecule has 0 aliphatic carbocycles. The van der Waals surface area contributed by atoms with Gasteiger partial charge in [-0.15, -0.1) is 0 Å². The predicted octanol–water partition coefficient (Wildman–Crippen LogP) is 0.950. The molecule has 0 bridgehead atoms. The number of rotatable bonds is 2. The fraction of sp³-hybridized carbons (Fsp3) is 0.625. The van der Waals surface area contributed by atoms with Crippen molar-refractivity contribution in [2.75, 3.05) is 7.11 Å². The molecule has 0 saturated heterocycles. The molecule has 0 aromatic carbocycles. The molecule has 1 N–H and O–H groups in total. The maximum atomic E-state index is 10.5. The fourth-order valence-corrected chi connectivity index (χ4v) is 0.343. The molecule has 0 aliphatic heterocycles. The third-order valence-electron chi connectivity index (χ3n) is 0.784. The minimum atomic E-state index is -4.16. The zero-order chi connectivity index (χ0) is 12.7. The van der Waals surface area contributed by atoms with Crippen molar-refractivity contribution in [3.05, 3.63) is 12.7 Å². The SMILES string of the molecule is C=CC(=O)OC(C)(C)C.COS(=O)(=O)O. The molecule has 0 aliphatic rings. The van der Waals surface area contributed by atoms with Crippen LogP contribution in [0.25, 0.3) is 0 Å². The smallest absolute Gasteiger partial charge is 0.397 e. The average Bonchev–Trinajstić information content (AvgIpc) is 2.01. The summed E-state index contributed by atoms with van der Waals surface area (Å²) >= 11 is 0. The normalized spacial score (nSPS) is 11.0. The van der Waals surface area contributed by atoms with Gasteiger partial charge < -0.3 is 4.74 Å². The summed E-state index contributed by atoms with van der Waals surface area (Å²) in [5.74, 6) is -0.373. The molecule has 0 aromatic rings. The third kappa shape index (κ3) is 19.5. The van der Waals surface area contributed by atoms with Crippen LogP contribution >= 0.6 is 0 Å². The van der Waals surface area contributed by atoms with Gasteiger partial charge in [0.1, 0.15) is 5.60 Å². The van der Waals surface area contributed by atoms with Gasteiger partial charge in [0.05, 0.1) is 7.11 Å². The van der Waals surface area contributed by atoms with Crippen LogP contribution in [0.15, 0.2) is 12.7 Å². The van der Waals surface area contributed by atoms with E-state index in [0.717, 1.165) is 13.2 Å². The molecular weight excluding hydrogens is 224 g/mol. The fourth-order valence-electron chi connectivity index (χ4n) is 0.343. The zero-order valence-corrected chi connectivity index (χ0v) is 10.00. The van der Waals surface area contributed by atoms with Crippen LogP contribution < -0.4 is 0 Å². The standard InChI is InChI=1S/C7H12O2.CH4O4S/c1-5-6(8)9-7(2,3)4;1-5-6(2,3)4/h5H,1H2,2-4H3;1H3,(H,2,3,4). The van der Waals surface area contributed by atoms with E-state index >= 15 is 0 Å². The minimum absolute atomic E-state index is 0.373. The lowest BCUT2D eigenvalue weighted by Crippen LogP contribution is -2.22. The summed E-state index contributed by atoms with van der Waals surface area (Å²) in [6.07, 6.45) is 1.16. The summed E-state index contributed by atoms with van der Waals surface area (Å²) in [6.45, 7) is 8.71. The Hall–Kier alpha value is -0.920. The molecule has 15 heavy (non-hydrogen) atoms. The lowest BCUT2D eigenvalue weighted by molar-refractivity contribution is -0.148. The van der Waals surface area contributed by atoms with Gasteiger partial charge in [0.15, 0.2) is 0 Å². The number of ether oxygens (including phenoxy) is 1. The van der Waals surface area contributed by atoms with Crippen molar-refractivity contribution in [3.8, 4) is 0 Å². The molecule has 90 valence electrons. The Balaban J connectivity index is 0. The van der Waals surface area contributed by atoms with E-state index in [1.807, 2.05) is 20.8 Å². The lowest BCUT2D eigenvalue weighted by Gasteiger charge is -2.17. The quantitative estimate of drug-likeness (QED) is 0.439. The Morgan fingerprint density at radius 3 is 1.80 bits per heavy atom. The van der Waals surface area contributed by atoms with E-state index in [1.165, 1.54) is 0 Å². The average molecular weight is 240 g/mol. The first-order valence-electron chi connectivity index (χ1n) is 3.90. The van der Waals surface area contributed by atoms with Gasteiger partial charge in [0.2, 0.25) is 0 Å². The molecule has 0 atom stereocenters. The maximum Gasteiger partial charge on any atom is 0.397 e. The van der Waals surface area contributed by atoms with Gasteiger partial charge >= 0.3 is 16.4 Å². The molecule has 0 saturated carbocycles. The van der Waals surface area contributed by atoms with Gasteiger partial charge in [-0.2, -0.15) is 8.42 Å². The van der Waals surface area contributed by atoms with Crippen LogP contribution in [-0.4, -0.2) is 31.7 Å². The number of carbonyl (C=O) groups excluding carboxylic acids is 1. The van der Waals surface area contributed by atoms with Crippen LogP contribution in [0.3, 0.4) is 0 Å².